The largest absolute Gasteiger partial charge is 0.496 e. The first-order valence-corrected chi connectivity index (χ1v) is 5.41. The second-order valence-corrected chi connectivity index (χ2v) is 3.92. The maximum atomic E-state index is 10.7. The molecule has 2 rings (SSSR count). The fraction of sp³-hybridized carbons (Fsp3) is 0.231. The molecule has 0 aliphatic heterocycles. The molecule has 0 saturated heterocycles. The van der Waals surface area contributed by atoms with Gasteiger partial charge >= 0.3 is 5.97 Å². The number of ether oxygens (including phenoxy) is 1. The Morgan fingerprint density at radius 1 is 1.50 bits per heavy atom. The van der Waals surface area contributed by atoms with Crippen LogP contribution in [0.3, 0.4) is 0 Å². The minimum absolute atomic E-state index is 0.156. The van der Waals surface area contributed by atoms with Crippen molar-refractivity contribution in [2.24, 2.45) is 0 Å². The standard InChI is InChI=1S/C13H13NO4/c1-8-3-4-10(17-2)9(5-8)6-12-14-7-11(18-12)13(15)16/h3-5,7H,6H2,1-2H3,(H,15,16). The Kier molecular flexibility index (Phi) is 3.32. The van der Waals surface area contributed by atoms with Gasteiger partial charge in [-0.25, -0.2) is 9.78 Å². The molecule has 0 atom stereocenters. The second-order valence-electron chi connectivity index (χ2n) is 3.92. The molecule has 0 spiro atoms. The van der Waals surface area contributed by atoms with Crippen molar-refractivity contribution in [1.29, 1.82) is 0 Å². The number of carbonyl (C=O) groups is 1. The lowest BCUT2D eigenvalue weighted by molar-refractivity contribution is 0.0660. The number of carboxylic acids is 1. The summed E-state index contributed by atoms with van der Waals surface area (Å²) in [6, 6.07) is 5.77. The highest BCUT2D eigenvalue weighted by atomic mass is 16.5. The van der Waals surface area contributed by atoms with Crippen molar-refractivity contribution in [3.05, 3.63) is 47.2 Å². The maximum Gasteiger partial charge on any atom is 0.373 e. The number of nitrogens with zero attached hydrogens (tertiary/aromatic N) is 1. The van der Waals surface area contributed by atoms with Crippen molar-refractivity contribution in [1.82, 2.24) is 4.98 Å². The molecule has 0 unspecified atom stereocenters. The number of aromatic carboxylic acids is 1. The van der Waals surface area contributed by atoms with Gasteiger partial charge in [-0.15, -0.1) is 0 Å². The molecular weight excluding hydrogens is 234 g/mol. The van der Waals surface area contributed by atoms with E-state index in [0.29, 0.717) is 12.3 Å². The monoisotopic (exact) mass is 247 g/mol. The van der Waals surface area contributed by atoms with Gasteiger partial charge < -0.3 is 14.3 Å². The molecule has 0 aliphatic rings. The molecule has 0 bridgehead atoms. The summed E-state index contributed by atoms with van der Waals surface area (Å²) in [6.07, 6.45) is 1.61. The molecule has 0 aliphatic carbocycles. The minimum Gasteiger partial charge on any atom is -0.496 e. The molecule has 1 heterocycles. The zero-order chi connectivity index (χ0) is 13.1. The van der Waals surface area contributed by atoms with Crippen LogP contribution in [0.4, 0.5) is 0 Å². The topological polar surface area (TPSA) is 72.6 Å². The van der Waals surface area contributed by atoms with Gasteiger partial charge in [0.05, 0.1) is 19.7 Å². The van der Waals surface area contributed by atoms with Crippen LogP contribution in [0.2, 0.25) is 0 Å². The Balaban J connectivity index is 2.27. The summed E-state index contributed by atoms with van der Waals surface area (Å²) in [5.41, 5.74) is 2.01. The number of hydrogen-bond acceptors (Lipinski definition) is 4. The van der Waals surface area contributed by atoms with E-state index < -0.39 is 5.97 Å². The van der Waals surface area contributed by atoms with Gasteiger partial charge in [0.25, 0.3) is 0 Å². The maximum absolute atomic E-state index is 10.7. The molecule has 5 heteroatoms. The van der Waals surface area contributed by atoms with Gasteiger partial charge in [-0.05, 0) is 13.0 Å². The smallest absolute Gasteiger partial charge is 0.373 e. The summed E-state index contributed by atoms with van der Waals surface area (Å²) in [5, 5.41) is 8.75. The summed E-state index contributed by atoms with van der Waals surface area (Å²) >= 11 is 0. The summed E-state index contributed by atoms with van der Waals surface area (Å²) in [5.74, 6) is -0.187. The van der Waals surface area contributed by atoms with E-state index in [4.69, 9.17) is 14.3 Å². The first-order valence-electron chi connectivity index (χ1n) is 5.41. The molecule has 1 N–H and O–H groups in total. The highest BCUT2D eigenvalue weighted by molar-refractivity contribution is 5.83. The van der Waals surface area contributed by atoms with Gasteiger partial charge in [-0.3, -0.25) is 0 Å². The van der Waals surface area contributed by atoms with Crippen molar-refractivity contribution in [3.8, 4) is 5.75 Å². The molecule has 5 nitrogen and oxygen atoms in total. The van der Waals surface area contributed by atoms with E-state index in [1.165, 1.54) is 6.20 Å². The number of benzene rings is 1. The number of hydrogen-bond donors (Lipinski definition) is 1. The summed E-state index contributed by atoms with van der Waals surface area (Å²) in [4.78, 5) is 14.6. The van der Waals surface area contributed by atoms with E-state index in [9.17, 15) is 4.79 Å². The predicted octanol–water partition coefficient (Wildman–Crippen LogP) is 2.28. The Morgan fingerprint density at radius 3 is 2.89 bits per heavy atom. The van der Waals surface area contributed by atoms with Gasteiger partial charge in [-0.1, -0.05) is 17.7 Å². The van der Waals surface area contributed by atoms with Crippen molar-refractivity contribution < 1.29 is 19.1 Å². The van der Waals surface area contributed by atoms with Crippen LogP contribution in [0.25, 0.3) is 0 Å². The van der Waals surface area contributed by atoms with Crippen LogP contribution in [-0.2, 0) is 6.42 Å². The van der Waals surface area contributed by atoms with E-state index in [0.717, 1.165) is 16.9 Å². The van der Waals surface area contributed by atoms with Gasteiger partial charge in [0.2, 0.25) is 5.76 Å². The first-order chi connectivity index (χ1) is 8.60. The molecular formula is C13H13NO4. The van der Waals surface area contributed by atoms with Crippen molar-refractivity contribution in [2.45, 2.75) is 13.3 Å². The lowest BCUT2D eigenvalue weighted by Gasteiger charge is -2.07. The lowest BCUT2D eigenvalue weighted by atomic mass is 10.1. The quantitative estimate of drug-likeness (QED) is 0.897. The second kappa shape index (κ2) is 4.91. The third-order valence-corrected chi connectivity index (χ3v) is 2.54. The number of carboxylic acid groups (broad SMARTS) is 1. The van der Waals surface area contributed by atoms with Crippen LogP contribution in [0.5, 0.6) is 5.75 Å². The number of aromatic nitrogens is 1. The Labute approximate surface area is 104 Å². The van der Waals surface area contributed by atoms with Crippen LogP contribution >= 0.6 is 0 Å². The molecule has 18 heavy (non-hydrogen) atoms. The molecule has 0 amide bonds. The number of aryl methyl sites for hydroxylation is 1. The normalized spacial score (nSPS) is 10.3. The summed E-state index contributed by atoms with van der Waals surface area (Å²) < 4.78 is 10.4. The average Bonchev–Trinajstić information content (AvgIpc) is 2.78. The Bertz CT molecular complexity index is 574. The van der Waals surface area contributed by atoms with Crippen LogP contribution in [0.1, 0.15) is 27.6 Å². The zero-order valence-electron chi connectivity index (χ0n) is 10.1. The van der Waals surface area contributed by atoms with Crippen molar-refractivity contribution in [2.75, 3.05) is 7.11 Å². The van der Waals surface area contributed by atoms with Crippen molar-refractivity contribution >= 4 is 5.97 Å². The SMILES string of the molecule is COc1ccc(C)cc1Cc1ncc(C(=O)O)o1. The highest BCUT2D eigenvalue weighted by Gasteiger charge is 2.12. The molecule has 1 aromatic heterocycles. The fourth-order valence-electron chi connectivity index (χ4n) is 1.70. The summed E-state index contributed by atoms with van der Waals surface area (Å²) in [7, 11) is 1.59. The minimum atomic E-state index is -1.12. The van der Waals surface area contributed by atoms with Crippen LogP contribution in [0.15, 0.2) is 28.8 Å². The molecule has 0 fully saturated rings. The Morgan fingerprint density at radius 2 is 2.28 bits per heavy atom. The average molecular weight is 247 g/mol. The van der Waals surface area contributed by atoms with E-state index in [1.807, 2.05) is 25.1 Å². The highest BCUT2D eigenvalue weighted by Crippen LogP contribution is 2.22. The number of oxazole rings is 1. The first kappa shape index (κ1) is 12.2. The Hall–Kier alpha value is -2.30. The van der Waals surface area contributed by atoms with E-state index in [-0.39, 0.29) is 5.76 Å². The van der Waals surface area contributed by atoms with Crippen LogP contribution in [0, 0.1) is 6.92 Å². The summed E-state index contributed by atoms with van der Waals surface area (Å²) in [6.45, 7) is 1.97. The molecule has 94 valence electrons. The predicted molar refractivity (Wildman–Crippen MR) is 64.0 cm³/mol. The van der Waals surface area contributed by atoms with Gasteiger partial charge in [0.1, 0.15) is 5.75 Å². The van der Waals surface area contributed by atoms with Gasteiger partial charge in [0, 0.05) is 5.56 Å². The van der Waals surface area contributed by atoms with Gasteiger partial charge in [0.15, 0.2) is 5.89 Å². The molecule has 1 aromatic carbocycles. The fourth-order valence-corrected chi connectivity index (χ4v) is 1.70. The van der Waals surface area contributed by atoms with Crippen LogP contribution < -0.4 is 4.74 Å². The van der Waals surface area contributed by atoms with Crippen LogP contribution in [-0.4, -0.2) is 23.2 Å². The van der Waals surface area contributed by atoms with Gasteiger partial charge in [-0.2, -0.15) is 0 Å². The van der Waals surface area contributed by atoms with E-state index in [1.54, 1.807) is 7.11 Å². The molecule has 0 saturated carbocycles. The molecule has 2 aromatic rings. The third kappa shape index (κ3) is 2.51. The third-order valence-electron chi connectivity index (χ3n) is 2.54. The van der Waals surface area contributed by atoms with Crippen molar-refractivity contribution in [3.63, 3.8) is 0 Å². The van der Waals surface area contributed by atoms with E-state index in [2.05, 4.69) is 4.98 Å². The lowest BCUT2D eigenvalue weighted by Crippen LogP contribution is -1.95. The number of methoxy groups -OCH3 is 1. The van der Waals surface area contributed by atoms with E-state index >= 15 is 0 Å². The number of rotatable bonds is 4. The molecule has 0 radical (unpaired) electrons. The zero-order valence-corrected chi connectivity index (χ0v) is 10.1.